The van der Waals surface area contributed by atoms with E-state index in [4.69, 9.17) is 21.1 Å². The molecule has 0 saturated carbocycles. The van der Waals surface area contributed by atoms with Crippen LogP contribution in [-0.2, 0) is 4.79 Å². The second-order valence-corrected chi connectivity index (χ2v) is 8.09. The number of fused-ring (bicyclic) bond motifs is 1. The zero-order valence-electron chi connectivity index (χ0n) is 16.7. The Balaban J connectivity index is 1.40. The highest BCUT2D eigenvalue weighted by Gasteiger charge is 2.30. The van der Waals surface area contributed by atoms with Gasteiger partial charge in [-0.05, 0) is 55.2 Å². The molecule has 1 N–H and O–H groups in total. The number of carbonyl (C=O) groups excluding carboxylic acids is 1. The molecule has 0 unspecified atom stereocenters. The van der Waals surface area contributed by atoms with Gasteiger partial charge in [0.25, 0.3) is 0 Å². The van der Waals surface area contributed by atoms with Crippen LogP contribution in [0.3, 0.4) is 0 Å². The maximum atomic E-state index is 12.9. The van der Waals surface area contributed by atoms with E-state index < -0.39 is 0 Å². The second-order valence-electron chi connectivity index (χ2n) is 7.66. The molecule has 4 rings (SSSR count). The van der Waals surface area contributed by atoms with Crippen molar-refractivity contribution in [3.8, 4) is 11.5 Å². The summed E-state index contributed by atoms with van der Waals surface area (Å²) in [6, 6.07) is 14.0. The van der Waals surface area contributed by atoms with Gasteiger partial charge in [-0.3, -0.25) is 4.79 Å². The Kier molecular flexibility index (Phi) is 6.26. The first kappa shape index (κ1) is 20.0. The van der Waals surface area contributed by atoms with Gasteiger partial charge in [0, 0.05) is 24.0 Å². The molecule has 5 nitrogen and oxygen atoms in total. The van der Waals surface area contributed by atoms with Crippen molar-refractivity contribution < 1.29 is 14.3 Å². The first-order valence-electron chi connectivity index (χ1n) is 10.3. The fourth-order valence-electron chi connectivity index (χ4n) is 4.01. The van der Waals surface area contributed by atoms with E-state index in [9.17, 15) is 4.79 Å². The molecule has 154 valence electrons. The maximum Gasteiger partial charge on any atom is 0.237 e. The molecule has 1 amide bonds. The van der Waals surface area contributed by atoms with E-state index in [1.807, 2.05) is 41.3 Å². The molecule has 2 aliphatic heterocycles. The Hall–Kier alpha value is -2.24. The molecule has 0 radical (unpaired) electrons. The fraction of sp³-hybridized carbons (Fsp3) is 0.435. The van der Waals surface area contributed by atoms with E-state index in [0.717, 1.165) is 48.4 Å². The van der Waals surface area contributed by atoms with Crippen LogP contribution in [0.1, 0.15) is 49.4 Å². The van der Waals surface area contributed by atoms with Gasteiger partial charge in [0.15, 0.2) is 11.5 Å². The monoisotopic (exact) mass is 414 g/mol. The number of amides is 1. The van der Waals surface area contributed by atoms with E-state index in [1.54, 1.807) is 0 Å². The number of benzene rings is 2. The van der Waals surface area contributed by atoms with Gasteiger partial charge in [-0.1, -0.05) is 29.8 Å². The molecule has 2 aromatic carbocycles. The van der Waals surface area contributed by atoms with Crippen LogP contribution in [0.4, 0.5) is 0 Å². The van der Waals surface area contributed by atoms with Crippen LogP contribution >= 0.6 is 11.6 Å². The van der Waals surface area contributed by atoms with Crippen LogP contribution in [0.15, 0.2) is 42.5 Å². The lowest BCUT2D eigenvalue weighted by Crippen LogP contribution is -2.38. The number of halogens is 1. The smallest absolute Gasteiger partial charge is 0.237 e. The second kappa shape index (κ2) is 9.06. The standard InChI is InChI=1S/C23H27ClN2O3/c1-16(17-5-8-19(24)9-6-17)25-15-23(27)26-11-2-4-20(26)18-7-10-21-22(14-18)29-13-3-12-28-21/h5-10,14,16,20,25H,2-4,11-13,15H2,1H3/t16-,20+/m0/s1. The van der Waals surface area contributed by atoms with Gasteiger partial charge in [-0.25, -0.2) is 0 Å². The molecule has 2 heterocycles. The topological polar surface area (TPSA) is 50.8 Å². The Morgan fingerprint density at radius 1 is 1.14 bits per heavy atom. The first-order chi connectivity index (χ1) is 14.1. The van der Waals surface area contributed by atoms with Crippen LogP contribution in [0.2, 0.25) is 5.02 Å². The number of nitrogens with zero attached hydrogens (tertiary/aromatic N) is 1. The number of ether oxygens (including phenoxy) is 2. The van der Waals surface area contributed by atoms with Gasteiger partial charge >= 0.3 is 0 Å². The third-order valence-electron chi connectivity index (χ3n) is 5.66. The lowest BCUT2D eigenvalue weighted by Gasteiger charge is -2.26. The first-order valence-corrected chi connectivity index (χ1v) is 10.7. The highest BCUT2D eigenvalue weighted by Crippen LogP contribution is 2.37. The number of likely N-dealkylation sites (tertiary alicyclic amines) is 1. The summed E-state index contributed by atoms with van der Waals surface area (Å²) in [6.07, 6.45) is 2.87. The number of hydrogen-bond acceptors (Lipinski definition) is 4. The normalized spacial score (nSPS) is 19.7. The largest absolute Gasteiger partial charge is 0.490 e. The van der Waals surface area contributed by atoms with Crippen LogP contribution in [0.5, 0.6) is 11.5 Å². The van der Waals surface area contributed by atoms with Crippen molar-refractivity contribution in [2.75, 3.05) is 26.3 Å². The van der Waals surface area contributed by atoms with E-state index in [2.05, 4.69) is 18.3 Å². The number of hydrogen-bond donors (Lipinski definition) is 1. The predicted octanol–water partition coefficient (Wildman–Crippen LogP) is 4.52. The number of nitrogens with one attached hydrogen (secondary N) is 1. The third kappa shape index (κ3) is 4.68. The highest BCUT2D eigenvalue weighted by atomic mass is 35.5. The van der Waals surface area contributed by atoms with Gasteiger partial charge in [0.05, 0.1) is 25.8 Å². The van der Waals surface area contributed by atoms with Crippen LogP contribution < -0.4 is 14.8 Å². The molecule has 0 bridgehead atoms. The lowest BCUT2D eigenvalue weighted by atomic mass is 10.0. The molecule has 6 heteroatoms. The minimum absolute atomic E-state index is 0.0790. The summed E-state index contributed by atoms with van der Waals surface area (Å²) < 4.78 is 11.6. The Labute approximate surface area is 176 Å². The van der Waals surface area contributed by atoms with Crippen molar-refractivity contribution in [3.05, 3.63) is 58.6 Å². The van der Waals surface area contributed by atoms with Crippen molar-refractivity contribution in [2.45, 2.75) is 38.3 Å². The Morgan fingerprint density at radius 2 is 1.90 bits per heavy atom. The summed E-state index contributed by atoms with van der Waals surface area (Å²) in [4.78, 5) is 14.9. The van der Waals surface area contributed by atoms with Gasteiger partial charge < -0.3 is 19.7 Å². The van der Waals surface area contributed by atoms with E-state index in [0.29, 0.717) is 24.8 Å². The van der Waals surface area contributed by atoms with E-state index in [1.165, 1.54) is 0 Å². The minimum Gasteiger partial charge on any atom is -0.490 e. The maximum absolute atomic E-state index is 12.9. The number of rotatable bonds is 5. The van der Waals surface area contributed by atoms with Crippen molar-refractivity contribution >= 4 is 17.5 Å². The SMILES string of the molecule is C[C@H](NCC(=O)N1CCC[C@@H]1c1ccc2c(c1)OCCCO2)c1ccc(Cl)cc1. The molecule has 2 aromatic rings. The van der Waals surface area contributed by atoms with Crippen molar-refractivity contribution in [1.82, 2.24) is 10.2 Å². The molecule has 2 atom stereocenters. The Bertz CT molecular complexity index is 856. The zero-order valence-corrected chi connectivity index (χ0v) is 17.5. The molecule has 0 spiro atoms. The molecule has 29 heavy (non-hydrogen) atoms. The molecule has 0 aromatic heterocycles. The predicted molar refractivity (Wildman–Crippen MR) is 114 cm³/mol. The van der Waals surface area contributed by atoms with Gasteiger partial charge in [0.1, 0.15) is 0 Å². The summed E-state index contributed by atoms with van der Waals surface area (Å²) >= 11 is 5.96. The quantitative estimate of drug-likeness (QED) is 0.781. The average Bonchev–Trinajstić information content (AvgIpc) is 3.11. The van der Waals surface area contributed by atoms with Crippen LogP contribution in [-0.4, -0.2) is 37.1 Å². The van der Waals surface area contributed by atoms with Crippen molar-refractivity contribution in [3.63, 3.8) is 0 Å². The lowest BCUT2D eigenvalue weighted by molar-refractivity contribution is -0.131. The van der Waals surface area contributed by atoms with Crippen molar-refractivity contribution in [1.29, 1.82) is 0 Å². The molecule has 1 saturated heterocycles. The van der Waals surface area contributed by atoms with Gasteiger partial charge in [0.2, 0.25) is 5.91 Å². The Morgan fingerprint density at radius 3 is 2.69 bits per heavy atom. The van der Waals surface area contributed by atoms with E-state index >= 15 is 0 Å². The summed E-state index contributed by atoms with van der Waals surface area (Å²) in [7, 11) is 0. The van der Waals surface area contributed by atoms with Crippen LogP contribution in [0.25, 0.3) is 0 Å². The molecule has 1 fully saturated rings. The average molecular weight is 415 g/mol. The third-order valence-corrected chi connectivity index (χ3v) is 5.91. The van der Waals surface area contributed by atoms with Crippen molar-refractivity contribution in [2.24, 2.45) is 0 Å². The summed E-state index contributed by atoms with van der Waals surface area (Å²) in [5, 5.41) is 4.06. The molecular weight excluding hydrogens is 388 g/mol. The summed E-state index contributed by atoms with van der Waals surface area (Å²) in [5.41, 5.74) is 2.23. The van der Waals surface area contributed by atoms with Crippen LogP contribution in [0, 0.1) is 0 Å². The van der Waals surface area contributed by atoms with E-state index in [-0.39, 0.29) is 18.0 Å². The van der Waals surface area contributed by atoms with Gasteiger partial charge in [-0.2, -0.15) is 0 Å². The molecular formula is C23H27ClN2O3. The molecule has 2 aliphatic rings. The summed E-state index contributed by atoms with van der Waals surface area (Å²) in [5.74, 6) is 1.70. The summed E-state index contributed by atoms with van der Waals surface area (Å²) in [6.45, 7) is 4.50. The zero-order chi connectivity index (χ0) is 20.2. The fourth-order valence-corrected chi connectivity index (χ4v) is 4.14. The number of carbonyl (C=O) groups is 1. The highest BCUT2D eigenvalue weighted by molar-refractivity contribution is 6.30. The minimum atomic E-state index is 0.0790. The van der Waals surface area contributed by atoms with Gasteiger partial charge in [-0.15, -0.1) is 0 Å². The molecule has 0 aliphatic carbocycles.